The maximum Gasteiger partial charge on any atom is 0.118 e. The molecular weight excluding hydrogens is 298 g/mol. The van der Waals surface area contributed by atoms with E-state index in [1.54, 1.807) is 7.11 Å². The molecule has 0 bridgehead atoms. The topological polar surface area (TPSA) is 41.1 Å². The van der Waals surface area contributed by atoms with E-state index in [9.17, 15) is 0 Å². The molecule has 4 nitrogen and oxygen atoms in total. The summed E-state index contributed by atoms with van der Waals surface area (Å²) < 4.78 is 5.22. The van der Waals surface area contributed by atoms with E-state index in [0.717, 1.165) is 55.1 Å². The summed E-state index contributed by atoms with van der Waals surface area (Å²) in [5, 5.41) is 0. The summed E-state index contributed by atoms with van der Waals surface area (Å²) in [5.74, 6) is 2.58. The second-order valence-electron chi connectivity index (χ2n) is 6.46. The summed E-state index contributed by atoms with van der Waals surface area (Å²) in [6.07, 6.45) is 2.30. The normalized spacial score (nSPS) is 16.5. The smallest absolute Gasteiger partial charge is 0.118 e. The summed E-state index contributed by atoms with van der Waals surface area (Å²) in [6, 6.07) is 17.4. The number of methoxy groups -OCH3 is 1. The van der Waals surface area contributed by atoms with Crippen LogP contribution in [0.1, 0.15) is 30.1 Å². The summed E-state index contributed by atoms with van der Waals surface area (Å²) in [5.41, 5.74) is 3.48. The molecule has 1 fully saturated rings. The lowest BCUT2D eigenvalue weighted by Crippen LogP contribution is -2.32. The molecule has 1 N–H and O–H groups in total. The number of likely N-dealkylation sites (tertiary alicyclic amines) is 1. The van der Waals surface area contributed by atoms with Crippen molar-refractivity contribution in [3.63, 3.8) is 0 Å². The minimum atomic E-state index is 0.532. The van der Waals surface area contributed by atoms with E-state index >= 15 is 0 Å². The van der Waals surface area contributed by atoms with Crippen molar-refractivity contribution >= 4 is 11.0 Å². The minimum absolute atomic E-state index is 0.532. The Morgan fingerprint density at radius 2 is 2.00 bits per heavy atom. The lowest BCUT2D eigenvalue weighted by molar-refractivity contribution is 0.202. The van der Waals surface area contributed by atoms with Gasteiger partial charge in [0.2, 0.25) is 0 Å². The average Bonchev–Trinajstić information content (AvgIpc) is 3.07. The van der Waals surface area contributed by atoms with Crippen molar-refractivity contribution in [1.29, 1.82) is 0 Å². The van der Waals surface area contributed by atoms with Gasteiger partial charge in [-0.3, -0.25) is 4.90 Å². The maximum atomic E-state index is 5.22. The highest BCUT2D eigenvalue weighted by Gasteiger charge is 2.23. The number of hydrogen-bond donors (Lipinski definition) is 1. The molecule has 1 radical (unpaired) electrons. The first-order valence-corrected chi connectivity index (χ1v) is 8.53. The van der Waals surface area contributed by atoms with Crippen LogP contribution in [0.5, 0.6) is 5.75 Å². The number of aromatic nitrogens is 2. The van der Waals surface area contributed by atoms with E-state index in [-0.39, 0.29) is 0 Å². The van der Waals surface area contributed by atoms with Gasteiger partial charge in [0, 0.05) is 12.5 Å². The highest BCUT2D eigenvalue weighted by atomic mass is 16.5. The molecule has 1 aliphatic heterocycles. The van der Waals surface area contributed by atoms with E-state index in [2.05, 4.69) is 28.1 Å². The Kier molecular flexibility index (Phi) is 4.22. The van der Waals surface area contributed by atoms with E-state index in [0.29, 0.717) is 5.92 Å². The van der Waals surface area contributed by atoms with Gasteiger partial charge >= 0.3 is 0 Å². The molecule has 1 aliphatic rings. The van der Waals surface area contributed by atoms with Crippen LogP contribution in [0.25, 0.3) is 11.0 Å². The fourth-order valence-corrected chi connectivity index (χ4v) is 3.46. The molecule has 0 spiro atoms. The van der Waals surface area contributed by atoms with Crippen LogP contribution in [0.3, 0.4) is 0 Å². The SMILES string of the molecule is COc1ccc(CN2CCC(c3nc4cc[c]cc4[nH]3)CC2)cc1. The molecule has 1 aromatic heterocycles. The van der Waals surface area contributed by atoms with Crippen molar-refractivity contribution < 1.29 is 4.74 Å². The number of ether oxygens (including phenoxy) is 1. The van der Waals surface area contributed by atoms with Crippen molar-refractivity contribution in [3.8, 4) is 5.75 Å². The number of benzene rings is 2. The Bertz CT molecular complexity index is 768. The number of aromatic amines is 1. The zero-order chi connectivity index (χ0) is 16.4. The highest BCUT2D eigenvalue weighted by molar-refractivity contribution is 5.74. The number of nitrogens with zero attached hydrogens (tertiary/aromatic N) is 2. The predicted octanol–water partition coefficient (Wildman–Crippen LogP) is 3.75. The van der Waals surface area contributed by atoms with E-state index in [1.807, 2.05) is 30.3 Å². The second-order valence-corrected chi connectivity index (χ2v) is 6.46. The largest absolute Gasteiger partial charge is 0.497 e. The molecule has 1 saturated heterocycles. The number of nitrogens with one attached hydrogen (secondary N) is 1. The van der Waals surface area contributed by atoms with Crippen LogP contribution in [-0.4, -0.2) is 35.1 Å². The van der Waals surface area contributed by atoms with E-state index < -0.39 is 0 Å². The number of hydrogen-bond acceptors (Lipinski definition) is 3. The fourth-order valence-electron chi connectivity index (χ4n) is 3.46. The van der Waals surface area contributed by atoms with Crippen LogP contribution in [0, 0.1) is 6.07 Å². The van der Waals surface area contributed by atoms with E-state index in [4.69, 9.17) is 9.72 Å². The van der Waals surface area contributed by atoms with Gasteiger partial charge in [0.1, 0.15) is 11.6 Å². The standard InChI is InChI=1S/C20H22N3O/c1-24-17-8-6-15(7-9-17)14-23-12-10-16(11-13-23)20-21-18-4-2-3-5-19(18)22-20/h2,4-9,16H,10-14H2,1H3,(H,21,22). The fraction of sp³-hybridized carbons (Fsp3) is 0.350. The first-order chi connectivity index (χ1) is 11.8. The summed E-state index contributed by atoms with van der Waals surface area (Å²) in [4.78, 5) is 10.7. The second kappa shape index (κ2) is 6.65. The van der Waals surface area contributed by atoms with Gasteiger partial charge in [0.15, 0.2) is 0 Å². The van der Waals surface area contributed by atoms with Crippen LogP contribution in [0.15, 0.2) is 42.5 Å². The highest BCUT2D eigenvalue weighted by Crippen LogP contribution is 2.28. The van der Waals surface area contributed by atoms with Crippen molar-refractivity contribution in [2.45, 2.75) is 25.3 Å². The molecule has 3 aromatic rings. The molecule has 2 heterocycles. The molecule has 24 heavy (non-hydrogen) atoms. The Morgan fingerprint density at radius 3 is 2.71 bits per heavy atom. The number of fused-ring (bicyclic) bond motifs is 1. The van der Waals surface area contributed by atoms with Crippen molar-refractivity contribution in [1.82, 2.24) is 14.9 Å². The minimum Gasteiger partial charge on any atom is -0.497 e. The molecule has 0 unspecified atom stereocenters. The third-order valence-electron chi connectivity index (χ3n) is 4.88. The van der Waals surface area contributed by atoms with Crippen LogP contribution in [-0.2, 0) is 6.54 Å². The number of piperidine rings is 1. The van der Waals surface area contributed by atoms with Gasteiger partial charge in [-0.25, -0.2) is 4.98 Å². The van der Waals surface area contributed by atoms with Gasteiger partial charge in [-0.05, 0) is 61.8 Å². The van der Waals surface area contributed by atoms with Crippen LogP contribution >= 0.6 is 0 Å². The third-order valence-corrected chi connectivity index (χ3v) is 4.88. The molecule has 2 aromatic carbocycles. The first kappa shape index (κ1) is 15.2. The Hall–Kier alpha value is -2.33. The number of imidazole rings is 1. The van der Waals surface area contributed by atoms with Crippen molar-refractivity contribution in [3.05, 3.63) is 59.9 Å². The van der Waals surface area contributed by atoms with Gasteiger partial charge in [-0.15, -0.1) is 0 Å². The van der Waals surface area contributed by atoms with Crippen molar-refractivity contribution in [2.24, 2.45) is 0 Å². The van der Waals surface area contributed by atoms with Gasteiger partial charge in [0.25, 0.3) is 0 Å². The van der Waals surface area contributed by atoms with Crippen molar-refractivity contribution in [2.75, 3.05) is 20.2 Å². The zero-order valence-electron chi connectivity index (χ0n) is 14.0. The monoisotopic (exact) mass is 320 g/mol. The Labute approximate surface area is 142 Å². The average molecular weight is 320 g/mol. The third kappa shape index (κ3) is 3.15. The van der Waals surface area contributed by atoms with Gasteiger partial charge in [-0.1, -0.05) is 18.2 Å². The molecule has 0 amide bonds. The summed E-state index contributed by atoms with van der Waals surface area (Å²) >= 11 is 0. The Balaban J connectivity index is 1.37. The molecule has 4 rings (SSSR count). The van der Waals surface area contributed by atoms with Crippen LogP contribution in [0.2, 0.25) is 0 Å². The quantitative estimate of drug-likeness (QED) is 0.796. The lowest BCUT2D eigenvalue weighted by Gasteiger charge is -2.31. The van der Waals surface area contributed by atoms with Crippen LogP contribution in [0.4, 0.5) is 0 Å². The first-order valence-electron chi connectivity index (χ1n) is 8.53. The molecular formula is C20H22N3O. The predicted molar refractivity (Wildman–Crippen MR) is 95.2 cm³/mol. The lowest BCUT2D eigenvalue weighted by atomic mass is 9.96. The van der Waals surface area contributed by atoms with Gasteiger partial charge < -0.3 is 9.72 Å². The molecule has 0 atom stereocenters. The number of rotatable bonds is 4. The van der Waals surface area contributed by atoms with Crippen LogP contribution < -0.4 is 4.74 Å². The van der Waals surface area contributed by atoms with Gasteiger partial charge in [-0.2, -0.15) is 0 Å². The molecule has 123 valence electrons. The maximum absolute atomic E-state index is 5.22. The zero-order valence-corrected chi connectivity index (χ0v) is 14.0. The summed E-state index contributed by atoms with van der Waals surface area (Å²) in [6.45, 7) is 3.23. The molecule has 0 saturated carbocycles. The van der Waals surface area contributed by atoms with Gasteiger partial charge in [0.05, 0.1) is 18.1 Å². The summed E-state index contributed by atoms with van der Waals surface area (Å²) in [7, 11) is 1.70. The molecule has 4 heteroatoms. The molecule has 0 aliphatic carbocycles. The Morgan fingerprint density at radius 1 is 1.21 bits per heavy atom. The van der Waals surface area contributed by atoms with E-state index in [1.165, 1.54) is 5.56 Å². The number of H-pyrrole nitrogens is 1.